The highest BCUT2D eigenvalue weighted by Crippen LogP contribution is 2.50. The average Bonchev–Trinajstić information content (AvgIpc) is 3.50. The number of hydrogen-bond acceptors (Lipinski definition) is 7. The molecule has 2 bridgehead atoms. The number of aromatic nitrogens is 2. The van der Waals surface area contributed by atoms with Gasteiger partial charge in [-0.1, -0.05) is 45.4 Å². The van der Waals surface area contributed by atoms with Gasteiger partial charge in [-0.15, -0.1) is 0 Å². The highest BCUT2D eigenvalue weighted by atomic mass is 16.7. The number of nitrogens with zero attached hydrogens (tertiary/aromatic N) is 2. The molecule has 0 amide bonds. The predicted octanol–water partition coefficient (Wildman–Crippen LogP) is 6.20. The summed E-state index contributed by atoms with van der Waals surface area (Å²) in [5.41, 5.74) is 1.21. The molecular formula is C34H48N2O6. The zero-order valence-electron chi connectivity index (χ0n) is 26.5. The Kier molecular flexibility index (Phi) is 9.99. The van der Waals surface area contributed by atoms with Gasteiger partial charge in [-0.3, -0.25) is 0 Å². The molecule has 230 valence electrons. The molecular weight excluding hydrogens is 532 g/mol. The second-order valence-corrected chi connectivity index (χ2v) is 12.9. The molecule has 4 rings (SSSR count). The third-order valence-corrected chi connectivity index (χ3v) is 8.84. The van der Waals surface area contributed by atoms with Crippen molar-refractivity contribution >= 4 is 18.0 Å². The normalized spacial score (nSPS) is 32.1. The van der Waals surface area contributed by atoms with Crippen LogP contribution in [0.4, 0.5) is 0 Å². The van der Waals surface area contributed by atoms with Crippen molar-refractivity contribution < 1.29 is 28.5 Å². The molecule has 0 N–H and O–H groups in total. The van der Waals surface area contributed by atoms with Gasteiger partial charge in [0.05, 0.1) is 24.2 Å². The van der Waals surface area contributed by atoms with Gasteiger partial charge in [-0.05, 0) is 87.9 Å². The maximum absolute atomic E-state index is 13.8. The highest BCUT2D eigenvalue weighted by molar-refractivity contribution is 5.91. The Bertz CT molecular complexity index is 1260. The van der Waals surface area contributed by atoms with Gasteiger partial charge in [0, 0.05) is 25.9 Å². The Morgan fingerprint density at radius 2 is 2.00 bits per heavy atom. The van der Waals surface area contributed by atoms with Crippen LogP contribution in [0, 0.1) is 29.6 Å². The molecule has 8 heteroatoms. The van der Waals surface area contributed by atoms with Gasteiger partial charge in [0.1, 0.15) is 11.7 Å². The monoisotopic (exact) mass is 580 g/mol. The first-order valence-corrected chi connectivity index (χ1v) is 15.3. The van der Waals surface area contributed by atoms with Crippen LogP contribution in [-0.4, -0.2) is 52.2 Å². The first kappa shape index (κ1) is 32.0. The van der Waals surface area contributed by atoms with E-state index >= 15 is 0 Å². The third kappa shape index (κ3) is 6.97. The molecule has 0 radical (unpaired) electrons. The van der Waals surface area contributed by atoms with Crippen LogP contribution >= 0.6 is 0 Å². The van der Waals surface area contributed by atoms with Gasteiger partial charge < -0.3 is 23.5 Å². The van der Waals surface area contributed by atoms with Crippen LogP contribution in [0.25, 0.3) is 6.08 Å². The van der Waals surface area contributed by atoms with Crippen molar-refractivity contribution in [1.29, 1.82) is 0 Å². The summed E-state index contributed by atoms with van der Waals surface area (Å²) in [5.74, 6) is -1.26. The number of fused-ring (bicyclic) bond motifs is 3. The van der Waals surface area contributed by atoms with Crippen LogP contribution in [0.5, 0.6) is 0 Å². The summed E-state index contributed by atoms with van der Waals surface area (Å²) in [5, 5.41) is 0. The molecule has 2 aliphatic heterocycles. The van der Waals surface area contributed by atoms with E-state index in [2.05, 4.69) is 51.8 Å². The first-order chi connectivity index (χ1) is 19.9. The van der Waals surface area contributed by atoms with E-state index in [-0.39, 0.29) is 17.8 Å². The summed E-state index contributed by atoms with van der Waals surface area (Å²) < 4.78 is 26.9. The second kappa shape index (κ2) is 13.1. The largest absolute Gasteiger partial charge is 0.462 e. The van der Waals surface area contributed by atoms with E-state index in [0.717, 1.165) is 12.8 Å². The molecule has 8 nitrogen and oxygen atoms in total. The zero-order chi connectivity index (χ0) is 30.7. The second-order valence-electron chi connectivity index (χ2n) is 12.9. The summed E-state index contributed by atoms with van der Waals surface area (Å²) in [7, 11) is 1.87. The molecule has 1 aliphatic carbocycles. The summed E-state index contributed by atoms with van der Waals surface area (Å²) in [4.78, 5) is 31.3. The molecule has 1 aromatic heterocycles. The van der Waals surface area contributed by atoms with Crippen LogP contribution < -0.4 is 0 Å². The number of carbonyl (C=O) groups is 2. The number of esters is 2. The van der Waals surface area contributed by atoms with Gasteiger partial charge in [-0.25, -0.2) is 14.6 Å². The molecule has 0 unspecified atom stereocenters. The fraction of sp³-hybridized carbons (Fsp3) is 0.618. The van der Waals surface area contributed by atoms with Crippen molar-refractivity contribution in [3.63, 3.8) is 0 Å². The lowest BCUT2D eigenvalue weighted by Crippen LogP contribution is -2.48. The molecule has 3 aliphatic rings. The van der Waals surface area contributed by atoms with Crippen molar-refractivity contribution in [2.75, 3.05) is 13.2 Å². The van der Waals surface area contributed by atoms with Crippen molar-refractivity contribution in [1.82, 2.24) is 9.55 Å². The van der Waals surface area contributed by atoms with E-state index in [4.69, 9.17) is 18.9 Å². The molecule has 0 aromatic carbocycles. The van der Waals surface area contributed by atoms with E-state index in [1.807, 2.05) is 37.7 Å². The molecule has 0 fully saturated rings. The van der Waals surface area contributed by atoms with E-state index in [1.165, 1.54) is 11.6 Å². The third-order valence-electron chi connectivity index (χ3n) is 8.84. The minimum Gasteiger partial charge on any atom is -0.462 e. The van der Waals surface area contributed by atoms with Crippen molar-refractivity contribution in [2.24, 2.45) is 36.6 Å². The number of carbonyl (C=O) groups excluding carboxylic acids is 2. The molecule has 42 heavy (non-hydrogen) atoms. The Morgan fingerprint density at radius 1 is 1.24 bits per heavy atom. The van der Waals surface area contributed by atoms with E-state index in [1.54, 1.807) is 18.5 Å². The topological polar surface area (TPSA) is 88.9 Å². The van der Waals surface area contributed by atoms with Crippen LogP contribution in [0.15, 0.2) is 54.1 Å². The Balaban J connectivity index is 1.76. The molecule has 0 saturated heterocycles. The lowest BCUT2D eigenvalue weighted by Gasteiger charge is -2.41. The SMILES string of the molecule is CCO[C@]12C=C[C@](C)(O1)[C@@H](OC(=O)/C=C/c1cn(C)cn1)C[C@H]1C(C)=CC[C@H](C(C)C)[C@H]1/C=C\2C(=O)OCCC(C)C. The van der Waals surface area contributed by atoms with Gasteiger partial charge in [-0.2, -0.15) is 0 Å². The van der Waals surface area contributed by atoms with Gasteiger partial charge in [0.25, 0.3) is 0 Å². The maximum Gasteiger partial charge on any atom is 0.339 e. The zero-order valence-corrected chi connectivity index (χ0v) is 26.5. The van der Waals surface area contributed by atoms with Gasteiger partial charge in [0.15, 0.2) is 0 Å². The van der Waals surface area contributed by atoms with Crippen molar-refractivity contribution in [3.8, 4) is 0 Å². The molecule has 6 atom stereocenters. The molecule has 3 heterocycles. The van der Waals surface area contributed by atoms with E-state index < -0.39 is 29.4 Å². The number of aryl methyl sites for hydroxylation is 1. The van der Waals surface area contributed by atoms with Crippen molar-refractivity contribution in [2.45, 2.75) is 85.2 Å². The number of allylic oxidation sites excluding steroid dienone is 3. The molecule has 0 spiro atoms. The highest BCUT2D eigenvalue weighted by Gasteiger charge is 2.55. The summed E-state index contributed by atoms with van der Waals surface area (Å²) in [6.45, 7) is 15.2. The minimum atomic E-state index is -1.45. The lowest BCUT2D eigenvalue weighted by molar-refractivity contribution is -0.235. The van der Waals surface area contributed by atoms with Gasteiger partial charge >= 0.3 is 11.9 Å². The fourth-order valence-corrected chi connectivity index (χ4v) is 6.36. The summed E-state index contributed by atoms with van der Waals surface area (Å²) >= 11 is 0. The fourth-order valence-electron chi connectivity index (χ4n) is 6.36. The Morgan fingerprint density at radius 3 is 2.64 bits per heavy atom. The van der Waals surface area contributed by atoms with E-state index in [9.17, 15) is 9.59 Å². The Hall–Kier alpha value is -2.97. The van der Waals surface area contributed by atoms with Gasteiger partial charge in [0.2, 0.25) is 5.79 Å². The number of hydrogen-bond donors (Lipinski definition) is 0. The average molecular weight is 581 g/mol. The summed E-state index contributed by atoms with van der Waals surface area (Å²) in [6, 6.07) is 0. The predicted molar refractivity (Wildman–Crippen MR) is 162 cm³/mol. The van der Waals surface area contributed by atoms with Crippen LogP contribution in [0.2, 0.25) is 0 Å². The minimum absolute atomic E-state index is 0.00481. The number of rotatable bonds is 10. The quantitative estimate of drug-likeness (QED) is 0.185. The summed E-state index contributed by atoms with van der Waals surface area (Å²) in [6.07, 6.45) is 16.2. The molecule has 1 aromatic rings. The van der Waals surface area contributed by atoms with Crippen LogP contribution in [0.1, 0.15) is 73.4 Å². The standard InChI is InChI=1S/C34H48N2O6/c1-9-40-34-16-15-33(7,42-34)30(41-31(37)13-11-25-20-36(8)21-35-25)19-27-24(6)10-12-26(23(4)5)28(27)18-29(34)32(38)39-17-14-22(2)3/h10-11,13,15-16,18,20-23,26-28,30H,9,12,14,17,19H2,1-8H3/b13-11+,29-18-/t26-,27+,28-,30+,33+,34-/m1/s1. The van der Waals surface area contributed by atoms with E-state index in [0.29, 0.717) is 42.7 Å². The first-order valence-electron chi connectivity index (χ1n) is 15.3. The smallest absolute Gasteiger partial charge is 0.339 e. The lowest BCUT2D eigenvalue weighted by atomic mass is 9.65. The molecule has 0 saturated carbocycles. The number of imidazole rings is 1. The van der Waals surface area contributed by atoms with Crippen molar-refractivity contribution in [3.05, 3.63) is 59.7 Å². The van der Waals surface area contributed by atoms with Crippen LogP contribution in [-0.2, 0) is 35.6 Å². The van der Waals surface area contributed by atoms with Crippen LogP contribution in [0.3, 0.4) is 0 Å². The maximum atomic E-state index is 13.8. The number of ether oxygens (including phenoxy) is 4. The Labute approximate surface area is 250 Å².